The van der Waals surface area contributed by atoms with Gasteiger partial charge in [-0.1, -0.05) is 35.9 Å². The Kier molecular flexibility index (Phi) is 4.63. The summed E-state index contributed by atoms with van der Waals surface area (Å²) in [6.45, 7) is 3.70. The normalized spacial score (nSPS) is 14.6. The summed E-state index contributed by atoms with van der Waals surface area (Å²) in [5.41, 5.74) is 3.27. The number of fused-ring (bicyclic) bond motifs is 1. The zero-order valence-corrected chi connectivity index (χ0v) is 16.8. The highest BCUT2D eigenvalue weighted by Gasteiger charge is 2.19. The molecule has 6 heteroatoms. The van der Waals surface area contributed by atoms with Crippen LogP contribution in [-0.4, -0.2) is 36.1 Å². The zero-order chi connectivity index (χ0) is 18.9. The minimum atomic E-state index is 0.779. The molecular formula is C22H19ClN4S. The molecule has 0 unspecified atom stereocenters. The third-order valence-electron chi connectivity index (χ3n) is 5.16. The van der Waals surface area contributed by atoms with Crippen LogP contribution in [0, 0.1) is 0 Å². The highest BCUT2D eigenvalue weighted by molar-refractivity contribution is 7.17. The van der Waals surface area contributed by atoms with Gasteiger partial charge in [-0.05, 0) is 24.3 Å². The number of aromatic nitrogens is 2. The maximum atomic E-state index is 6.14. The van der Waals surface area contributed by atoms with Gasteiger partial charge in [0.1, 0.15) is 5.82 Å². The molecule has 0 amide bonds. The van der Waals surface area contributed by atoms with Crippen molar-refractivity contribution in [1.82, 2.24) is 9.97 Å². The predicted molar refractivity (Wildman–Crippen MR) is 119 cm³/mol. The monoisotopic (exact) mass is 406 g/mol. The van der Waals surface area contributed by atoms with Crippen LogP contribution in [-0.2, 0) is 0 Å². The predicted octanol–water partition coefficient (Wildman–Crippen LogP) is 5.34. The van der Waals surface area contributed by atoms with E-state index in [1.807, 2.05) is 30.6 Å². The van der Waals surface area contributed by atoms with Crippen LogP contribution >= 0.6 is 22.9 Å². The lowest BCUT2D eigenvalue weighted by molar-refractivity contribution is 0.646. The van der Waals surface area contributed by atoms with Gasteiger partial charge in [-0.15, -0.1) is 11.3 Å². The summed E-state index contributed by atoms with van der Waals surface area (Å²) < 4.78 is 1.28. The number of halogens is 1. The third-order valence-corrected chi connectivity index (χ3v) is 6.35. The van der Waals surface area contributed by atoms with Crippen molar-refractivity contribution < 1.29 is 0 Å². The molecule has 1 fully saturated rings. The first-order valence-corrected chi connectivity index (χ1v) is 10.6. The molecule has 0 aliphatic carbocycles. The Morgan fingerprint density at radius 3 is 2.57 bits per heavy atom. The summed E-state index contributed by atoms with van der Waals surface area (Å²) in [5, 5.41) is 4.20. The number of thiophene rings is 1. The second-order valence-corrected chi connectivity index (χ2v) is 8.21. The number of nitrogens with zero attached hydrogens (tertiary/aromatic N) is 4. The van der Waals surface area contributed by atoms with E-state index in [1.54, 1.807) is 11.3 Å². The van der Waals surface area contributed by atoms with E-state index in [-0.39, 0.29) is 0 Å². The molecule has 2 aromatic heterocycles. The number of hydrogen-bond acceptors (Lipinski definition) is 5. The number of rotatable bonds is 3. The van der Waals surface area contributed by atoms with Gasteiger partial charge in [-0.25, -0.2) is 4.98 Å². The molecule has 28 heavy (non-hydrogen) atoms. The standard InChI is InChI=1S/C22H19ClN4S/c23-16-4-3-5-17(12-16)26-8-10-27(11-9-26)22-14-24-13-20(25-22)19-15-28-21-7-2-1-6-18(19)21/h1-7,12-15H,8-11H2. The van der Waals surface area contributed by atoms with Crippen molar-refractivity contribution in [3.63, 3.8) is 0 Å². The van der Waals surface area contributed by atoms with E-state index < -0.39 is 0 Å². The van der Waals surface area contributed by atoms with Crippen LogP contribution in [0.1, 0.15) is 0 Å². The average Bonchev–Trinajstić information content (AvgIpc) is 3.18. The van der Waals surface area contributed by atoms with Gasteiger partial charge >= 0.3 is 0 Å². The molecule has 140 valence electrons. The van der Waals surface area contributed by atoms with Crippen LogP contribution in [0.3, 0.4) is 0 Å². The summed E-state index contributed by atoms with van der Waals surface area (Å²) in [5.74, 6) is 0.943. The van der Waals surface area contributed by atoms with Crippen LogP contribution in [0.5, 0.6) is 0 Å². The quantitative estimate of drug-likeness (QED) is 0.459. The lowest BCUT2D eigenvalue weighted by Gasteiger charge is -2.36. The fourth-order valence-corrected chi connectivity index (χ4v) is 4.82. The van der Waals surface area contributed by atoms with Crippen molar-refractivity contribution in [2.75, 3.05) is 36.0 Å². The zero-order valence-electron chi connectivity index (χ0n) is 15.3. The fraction of sp³-hybridized carbons (Fsp3) is 0.182. The van der Waals surface area contributed by atoms with Crippen molar-refractivity contribution in [2.45, 2.75) is 0 Å². The van der Waals surface area contributed by atoms with Gasteiger partial charge in [0.25, 0.3) is 0 Å². The molecule has 1 aliphatic heterocycles. The number of hydrogen-bond donors (Lipinski definition) is 0. The first-order chi connectivity index (χ1) is 13.8. The molecule has 5 rings (SSSR count). The van der Waals surface area contributed by atoms with Gasteiger partial charge in [-0.3, -0.25) is 4.98 Å². The molecule has 0 atom stereocenters. The first kappa shape index (κ1) is 17.5. The van der Waals surface area contributed by atoms with Crippen LogP contribution in [0.25, 0.3) is 21.3 Å². The Balaban J connectivity index is 1.36. The Labute approximate surface area is 173 Å². The van der Waals surface area contributed by atoms with Crippen LogP contribution in [0.2, 0.25) is 5.02 Å². The van der Waals surface area contributed by atoms with Gasteiger partial charge < -0.3 is 9.80 Å². The summed E-state index contributed by atoms with van der Waals surface area (Å²) in [6.07, 6.45) is 3.73. The topological polar surface area (TPSA) is 32.3 Å². The lowest BCUT2D eigenvalue weighted by atomic mass is 10.1. The van der Waals surface area contributed by atoms with E-state index >= 15 is 0 Å². The SMILES string of the molecule is Clc1cccc(N2CCN(c3cncc(-c4csc5ccccc45)n3)CC2)c1. The lowest BCUT2D eigenvalue weighted by Crippen LogP contribution is -2.46. The van der Waals surface area contributed by atoms with E-state index in [0.29, 0.717) is 0 Å². The molecule has 3 heterocycles. The van der Waals surface area contributed by atoms with E-state index in [1.165, 1.54) is 15.8 Å². The van der Waals surface area contributed by atoms with Gasteiger partial charge in [-0.2, -0.15) is 0 Å². The second kappa shape index (κ2) is 7.41. The molecule has 4 aromatic rings. The largest absolute Gasteiger partial charge is 0.368 e. The molecule has 0 spiro atoms. The number of piperazine rings is 1. The van der Waals surface area contributed by atoms with Crippen molar-refractivity contribution >= 4 is 44.5 Å². The molecule has 0 saturated carbocycles. The van der Waals surface area contributed by atoms with Gasteiger partial charge in [0.15, 0.2) is 0 Å². The Morgan fingerprint density at radius 2 is 1.71 bits per heavy atom. The molecule has 2 aromatic carbocycles. The first-order valence-electron chi connectivity index (χ1n) is 9.32. The van der Waals surface area contributed by atoms with Gasteiger partial charge in [0.05, 0.1) is 18.1 Å². The van der Waals surface area contributed by atoms with Crippen molar-refractivity contribution in [2.24, 2.45) is 0 Å². The van der Waals surface area contributed by atoms with Crippen molar-refractivity contribution in [1.29, 1.82) is 0 Å². The maximum Gasteiger partial charge on any atom is 0.147 e. The summed E-state index contributed by atoms with van der Waals surface area (Å²) >= 11 is 7.89. The summed E-state index contributed by atoms with van der Waals surface area (Å²) in [6, 6.07) is 16.5. The van der Waals surface area contributed by atoms with E-state index in [0.717, 1.165) is 48.3 Å². The molecule has 4 nitrogen and oxygen atoms in total. The minimum Gasteiger partial charge on any atom is -0.368 e. The average molecular weight is 407 g/mol. The Bertz CT molecular complexity index is 1120. The highest BCUT2D eigenvalue weighted by atomic mass is 35.5. The molecule has 1 aliphatic rings. The van der Waals surface area contributed by atoms with Crippen LogP contribution < -0.4 is 9.80 Å². The molecular weight excluding hydrogens is 388 g/mol. The van der Waals surface area contributed by atoms with Crippen molar-refractivity contribution in [3.05, 3.63) is 71.3 Å². The van der Waals surface area contributed by atoms with Gasteiger partial charge in [0.2, 0.25) is 0 Å². The molecule has 0 bridgehead atoms. The highest BCUT2D eigenvalue weighted by Crippen LogP contribution is 2.33. The Morgan fingerprint density at radius 1 is 0.893 bits per heavy atom. The number of anilines is 2. The van der Waals surface area contributed by atoms with E-state index in [4.69, 9.17) is 16.6 Å². The molecule has 0 N–H and O–H groups in total. The van der Waals surface area contributed by atoms with Gasteiger partial charge in [0, 0.05) is 57.9 Å². The van der Waals surface area contributed by atoms with Crippen LogP contribution in [0.15, 0.2) is 66.3 Å². The summed E-state index contributed by atoms with van der Waals surface area (Å²) in [7, 11) is 0. The van der Waals surface area contributed by atoms with Crippen molar-refractivity contribution in [3.8, 4) is 11.3 Å². The molecule has 0 radical (unpaired) electrons. The smallest absolute Gasteiger partial charge is 0.147 e. The van der Waals surface area contributed by atoms with E-state index in [2.05, 4.69) is 50.5 Å². The second-order valence-electron chi connectivity index (χ2n) is 6.86. The van der Waals surface area contributed by atoms with E-state index in [9.17, 15) is 0 Å². The fourth-order valence-electron chi connectivity index (χ4n) is 3.68. The number of benzene rings is 2. The maximum absolute atomic E-state index is 6.14. The summed E-state index contributed by atoms with van der Waals surface area (Å²) in [4.78, 5) is 14.1. The van der Waals surface area contributed by atoms with Crippen LogP contribution in [0.4, 0.5) is 11.5 Å². The third kappa shape index (κ3) is 3.32. The molecule has 1 saturated heterocycles. The minimum absolute atomic E-state index is 0.779. The Hall–Kier alpha value is -2.63.